The normalized spacial score (nSPS) is 16.1. The molecule has 1 aliphatic rings. The maximum Gasteiger partial charge on any atom is 0.244 e. The highest BCUT2D eigenvalue weighted by Crippen LogP contribution is 2.19. The number of benzene rings is 2. The van der Waals surface area contributed by atoms with Crippen LogP contribution in [-0.2, 0) is 16.1 Å². The summed E-state index contributed by atoms with van der Waals surface area (Å²) in [5.41, 5.74) is 2.49. The number of rotatable bonds is 7. The number of carbonyl (C=O) groups is 1. The lowest BCUT2D eigenvalue weighted by Gasteiger charge is -2.27. The SMILES string of the molecule is O=C(C=Cc1ccc(F)cc1Cl)N[C@@H](CO)c1cccc(CN2CCOCC2)c1. The van der Waals surface area contributed by atoms with E-state index in [0.29, 0.717) is 5.56 Å². The number of aliphatic hydroxyl groups is 1. The van der Waals surface area contributed by atoms with Crippen LogP contribution in [0.25, 0.3) is 6.08 Å². The fourth-order valence-electron chi connectivity index (χ4n) is 3.18. The van der Waals surface area contributed by atoms with Gasteiger partial charge in [0.05, 0.1) is 30.9 Å². The molecule has 154 valence electrons. The third-order valence-electron chi connectivity index (χ3n) is 4.74. The van der Waals surface area contributed by atoms with Crippen molar-refractivity contribution >= 4 is 23.6 Å². The summed E-state index contributed by atoms with van der Waals surface area (Å²) in [6.45, 7) is 3.82. The maximum absolute atomic E-state index is 13.1. The largest absolute Gasteiger partial charge is 0.394 e. The molecule has 1 amide bonds. The molecular formula is C22H24ClFN2O3. The molecule has 1 fully saturated rings. The van der Waals surface area contributed by atoms with Crippen LogP contribution in [0.3, 0.4) is 0 Å². The number of morpholine rings is 1. The summed E-state index contributed by atoms with van der Waals surface area (Å²) < 4.78 is 18.5. The van der Waals surface area contributed by atoms with Crippen LogP contribution in [0.4, 0.5) is 4.39 Å². The predicted molar refractivity (Wildman–Crippen MR) is 111 cm³/mol. The van der Waals surface area contributed by atoms with Crippen LogP contribution < -0.4 is 5.32 Å². The minimum absolute atomic E-state index is 0.224. The van der Waals surface area contributed by atoms with E-state index in [1.165, 1.54) is 30.4 Å². The number of nitrogens with zero attached hydrogens (tertiary/aromatic N) is 1. The highest BCUT2D eigenvalue weighted by atomic mass is 35.5. The van der Waals surface area contributed by atoms with E-state index in [2.05, 4.69) is 10.2 Å². The highest BCUT2D eigenvalue weighted by molar-refractivity contribution is 6.32. The molecule has 7 heteroatoms. The van der Waals surface area contributed by atoms with Crippen LogP contribution in [0.15, 0.2) is 48.5 Å². The Morgan fingerprint density at radius 2 is 2.07 bits per heavy atom. The second-order valence-electron chi connectivity index (χ2n) is 6.88. The van der Waals surface area contributed by atoms with Crippen LogP contribution in [0, 0.1) is 5.82 Å². The molecule has 5 nitrogen and oxygen atoms in total. The molecule has 1 saturated heterocycles. The first kappa shape index (κ1) is 21.5. The van der Waals surface area contributed by atoms with Gasteiger partial charge in [0.15, 0.2) is 0 Å². The van der Waals surface area contributed by atoms with E-state index in [4.69, 9.17) is 16.3 Å². The smallest absolute Gasteiger partial charge is 0.244 e. The lowest BCUT2D eigenvalue weighted by molar-refractivity contribution is -0.117. The second kappa shape index (κ2) is 10.5. The Morgan fingerprint density at radius 1 is 1.28 bits per heavy atom. The fourth-order valence-corrected chi connectivity index (χ4v) is 3.41. The van der Waals surface area contributed by atoms with Gasteiger partial charge in [-0.3, -0.25) is 9.69 Å². The van der Waals surface area contributed by atoms with Gasteiger partial charge in [-0.25, -0.2) is 4.39 Å². The lowest BCUT2D eigenvalue weighted by atomic mass is 10.0. The van der Waals surface area contributed by atoms with Gasteiger partial charge in [-0.2, -0.15) is 0 Å². The summed E-state index contributed by atoms with van der Waals surface area (Å²) in [7, 11) is 0. The van der Waals surface area contributed by atoms with Crippen molar-refractivity contribution in [3.63, 3.8) is 0 Å². The summed E-state index contributed by atoms with van der Waals surface area (Å²) in [5, 5.41) is 12.8. The molecule has 0 saturated carbocycles. The molecule has 1 aliphatic heterocycles. The summed E-state index contributed by atoms with van der Waals surface area (Å²) >= 11 is 5.96. The first-order chi connectivity index (χ1) is 14.0. The molecule has 3 rings (SSSR count). The zero-order chi connectivity index (χ0) is 20.6. The summed E-state index contributed by atoms with van der Waals surface area (Å²) in [5.74, 6) is -0.808. The Kier molecular flexibility index (Phi) is 7.77. The van der Waals surface area contributed by atoms with Gasteiger partial charge in [-0.15, -0.1) is 0 Å². The Labute approximate surface area is 174 Å². The van der Waals surface area contributed by atoms with E-state index < -0.39 is 11.9 Å². The van der Waals surface area contributed by atoms with Gasteiger partial charge in [0.1, 0.15) is 5.82 Å². The van der Waals surface area contributed by atoms with Crippen molar-refractivity contribution in [2.45, 2.75) is 12.6 Å². The topological polar surface area (TPSA) is 61.8 Å². The highest BCUT2D eigenvalue weighted by Gasteiger charge is 2.15. The summed E-state index contributed by atoms with van der Waals surface area (Å²) in [4.78, 5) is 14.6. The van der Waals surface area contributed by atoms with Gasteiger partial charge < -0.3 is 15.2 Å². The molecule has 2 N–H and O–H groups in total. The third-order valence-corrected chi connectivity index (χ3v) is 5.07. The number of ether oxygens (including phenoxy) is 1. The van der Waals surface area contributed by atoms with E-state index in [1.54, 1.807) is 0 Å². The predicted octanol–water partition coefficient (Wildman–Crippen LogP) is 3.17. The van der Waals surface area contributed by atoms with Gasteiger partial charge in [-0.05, 0) is 34.9 Å². The molecule has 29 heavy (non-hydrogen) atoms. The zero-order valence-electron chi connectivity index (χ0n) is 16.0. The molecule has 0 spiro atoms. The lowest BCUT2D eigenvalue weighted by Crippen LogP contribution is -2.35. The fraction of sp³-hybridized carbons (Fsp3) is 0.318. The standard InChI is InChI=1S/C22H24ClFN2O3/c23-20-13-19(24)6-4-17(20)5-7-22(28)25-21(15-27)18-3-1-2-16(12-18)14-26-8-10-29-11-9-26/h1-7,12-13,21,27H,8-11,14-15H2,(H,25,28)/t21-/m0/s1. The minimum Gasteiger partial charge on any atom is -0.394 e. The average molecular weight is 419 g/mol. The summed E-state index contributed by atoms with van der Waals surface area (Å²) in [6.07, 6.45) is 2.83. The van der Waals surface area contributed by atoms with Gasteiger partial charge in [-0.1, -0.05) is 41.9 Å². The number of hydrogen-bond donors (Lipinski definition) is 2. The van der Waals surface area contributed by atoms with Crippen molar-refractivity contribution in [2.75, 3.05) is 32.9 Å². The van der Waals surface area contributed by atoms with E-state index in [0.717, 1.165) is 44.0 Å². The quantitative estimate of drug-likeness (QED) is 0.678. The molecule has 0 radical (unpaired) electrons. The number of carbonyl (C=O) groups excluding carboxylic acids is 1. The van der Waals surface area contributed by atoms with Crippen LogP contribution in [0.2, 0.25) is 5.02 Å². The van der Waals surface area contributed by atoms with Crippen molar-refractivity contribution in [3.05, 3.63) is 76.1 Å². The molecular weight excluding hydrogens is 395 g/mol. The van der Waals surface area contributed by atoms with Gasteiger partial charge >= 0.3 is 0 Å². The Bertz CT molecular complexity index is 869. The van der Waals surface area contributed by atoms with Crippen molar-refractivity contribution < 1.29 is 19.0 Å². The molecule has 0 unspecified atom stereocenters. The second-order valence-corrected chi connectivity index (χ2v) is 7.28. The summed E-state index contributed by atoms with van der Waals surface area (Å²) in [6, 6.07) is 11.3. The molecule has 2 aromatic rings. The van der Waals surface area contributed by atoms with Crippen molar-refractivity contribution in [1.82, 2.24) is 10.2 Å². The first-order valence-electron chi connectivity index (χ1n) is 9.48. The van der Waals surface area contributed by atoms with Crippen molar-refractivity contribution in [3.8, 4) is 0 Å². The Hall–Kier alpha value is -2.25. The monoisotopic (exact) mass is 418 g/mol. The number of amides is 1. The Balaban J connectivity index is 1.63. The Morgan fingerprint density at radius 3 is 2.79 bits per heavy atom. The molecule has 1 atom stereocenters. The third kappa shape index (κ3) is 6.37. The van der Waals surface area contributed by atoms with E-state index in [-0.39, 0.29) is 17.5 Å². The van der Waals surface area contributed by atoms with Crippen LogP contribution in [-0.4, -0.2) is 48.8 Å². The first-order valence-corrected chi connectivity index (χ1v) is 9.86. The zero-order valence-corrected chi connectivity index (χ0v) is 16.7. The van der Waals surface area contributed by atoms with Gasteiger partial charge in [0.2, 0.25) is 5.91 Å². The van der Waals surface area contributed by atoms with Crippen molar-refractivity contribution in [1.29, 1.82) is 0 Å². The van der Waals surface area contributed by atoms with E-state index >= 15 is 0 Å². The van der Waals surface area contributed by atoms with Gasteiger partial charge in [0.25, 0.3) is 0 Å². The van der Waals surface area contributed by atoms with Gasteiger partial charge in [0, 0.05) is 25.7 Å². The molecule has 1 heterocycles. The maximum atomic E-state index is 13.1. The number of hydrogen-bond acceptors (Lipinski definition) is 4. The molecule has 0 bridgehead atoms. The molecule has 0 aromatic heterocycles. The molecule has 2 aromatic carbocycles. The van der Waals surface area contributed by atoms with Crippen LogP contribution in [0.1, 0.15) is 22.7 Å². The number of aliphatic hydroxyl groups excluding tert-OH is 1. The van der Waals surface area contributed by atoms with E-state index in [9.17, 15) is 14.3 Å². The average Bonchev–Trinajstić information content (AvgIpc) is 2.72. The minimum atomic E-state index is -0.527. The number of nitrogens with one attached hydrogen (secondary N) is 1. The molecule has 0 aliphatic carbocycles. The number of halogens is 2. The van der Waals surface area contributed by atoms with E-state index in [1.807, 2.05) is 24.3 Å². The van der Waals surface area contributed by atoms with Crippen molar-refractivity contribution in [2.24, 2.45) is 0 Å². The van der Waals surface area contributed by atoms with Crippen LogP contribution in [0.5, 0.6) is 0 Å². The van der Waals surface area contributed by atoms with Crippen LogP contribution >= 0.6 is 11.6 Å².